The van der Waals surface area contributed by atoms with Gasteiger partial charge in [-0.2, -0.15) is 0 Å². The Labute approximate surface area is 115 Å². The highest BCUT2D eigenvalue weighted by atomic mass is 79.9. The average Bonchev–Trinajstić information content (AvgIpc) is 2.21. The van der Waals surface area contributed by atoms with Crippen molar-refractivity contribution >= 4 is 47.8 Å². The van der Waals surface area contributed by atoms with Crippen molar-refractivity contribution in [1.82, 2.24) is 0 Å². The molecular weight excluding hydrogens is 390 g/mol. The third-order valence-corrected chi connectivity index (χ3v) is 4.40. The van der Waals surface area contributed by atoms with Crippen molar-refractivity contribution in [3.8, 4) is 5.75 Å². The molecule has 1 atom stereocenters. The quantitative estimate of drug-likeness (QED) is 0.805. The molecule has 0 heterocycles. The van der Waals surface area contributed by atoms with Crippen LogP contribution < -0.4 is 5.73 Å². The molecule has 0 aromatic heterocycles. The normalized spacial score (nSPS) is 12.9. The van der Waals surface area contributed by atoms with E-state index in [0.717, 1.165) is 22.9 Å². The molecule has 0 aliphatic rings. The highest BCUT2D eigenvalue weighted by molar-refractivity contribution is 9.11. The lowest BCUT2D eigenvalue weighted by Crippen LogP contribution is -2.21. The van der Waals surface area contributed by atoms with Gasteiger partial charge in [0, 0.05) is 10.5 Å². The molecule has 0 saturated carbocycles. The second kappa shape index (κ2) is 5.66. The minimum Gasteiger partial charge on any atom is -0.506 e. The van der Waals surface area contributed by atoms with Gasteiger partial charge in [-0.3, -0.25) is 0 Å². The van der Waals surface area contributed by atoms with Crippen LogP contribution in [0, 0.1) is 0 Å². The van der Waals surface area contributed by atoms with Crippen LogP contribution in [0.4, 0.5) is 0 Å². The Morgan fingerprint density at radius 2 is 1.93 bits per heavy atom. The minimum absolute atomic E-state index is 0.109. The van der Waals surface area contributed by atoms with Crippen molar-refractivity contribution in [2.75, 3.05) is 0 Å². The molecule has 15 heavy (non-hydrogen) atoms. The van der Waals surface area contributed by atoms with Crippen molar-refractivity contribution in [3.63, 3.8) is 0 Å². The van der Waals surface area contributed by atoms with Gasteiger partial charge >= 0.3 is 0 Å². The Hall–Kier alpha value is 0.420. The molecule has 1 aromatic rings. The maximum Gasteiger partial charge on any atom is 0.144 e. The fraction of sp³-hybridized carbons (Fsp3) is 0.400. The largest absolute Gasteiger partial charge is 0.506 e. The van der Waals surface area contributed by atoms with Crippen LogP contribution in [0.1, 0.15) is 18.9 Å². The number of phenolic OH excluding ortho intramolecular Hbond substituents is 1. The van der Waals surface area contributed by atoms with Gasteiger partial charge in [-0.05, 0) is 56.3 Å². The molecule has 84 valence electrons. The summed E-state index contributed by atoms with van der Waals surface area (Å²) < 4.78 is 2.31. The van der Waals surface area contributed by atoms with Crippen LogP contribution in [-0.2, 0) is 6.42 Å². The summed E-state index contributed by atoms with van der Waals surface area (Å²) >= 11 is 10.1. The van der Waals surface area contributed by atoms with Crippen molar-refractivity contribution in [1.29, 1.82) is 0 Å². The fourth-order valence-electron chi connectivity index (χ4n) is 1.21. The number of phenols is 1. The van der Waals surface area contributed by atoms with Crippen LogP contribution in [0.2, 0.25) is 0 Å². The van der Waals surface area contributed by atoms with Crippen molar-refractivity contribution in [2.24, 2.45) is 5.73 Å². The lowest BCUT2D eigenvalue weighted by atomic mass is 10.0. The summed E-state index contributed by atoms with van der Waals surface area (Å²) in [4.78, 5) is 0. The van der Waals surface area contributed by atoms with Gasteiger partial charge in [0.1, 0.15) is 5.75 Å². The lowest BCUT2D eigenvalue weighted by Gasteiger charge is -2.14. The van der Waals surface area contributed by atoms with Crippen molar-refractivity contribution in [3.05, 3.63) is 25.0 Å². The molecule has 2 nitrogen and oxygen atoms in total. The predicted molar refractivity (Wildman–Crippen MR) is 73.2 cm³/mol. The van der Waals surface area contributed by atoms with E-state index in [4.69, 9.17) is 5.73 Å². The van der Waals surface area contributed by atoms with Gasteiger partial charge in [0.15, 0.2) is 0 Å². The summed E-state index contributed by atoms with van der Waals surface area (Å²) in [6, 6.07) is 1.94. The number of hydrogen-bond donors (Lipinski definition) is 2. The summed E-state index contributed by atoms with van der Waals surface area (Å²) in [5.74, 6) is 0.219. The van der Waals surface area contributed by atoms with E-state index in [1.54, 1.807) is 0 Å². The van der Waals surface area contributed by atoms with Crippen molar-refractivity contribution in [2.45, 2.75) is 25.8 Å². The zero-order valence-electron chi connectivity index (χ0n) is 8.23. The second-order valence-corrected chi connectivity index (χ2v) is 5.86. The topological polar surface area (TPSA) is 46.2 Å². The zero-order valence-corrected chi connectivity index (χ0v) is 13.0. The fourth-order valence-corrected chi connectivity index (χ4v) is 3.66. The van der Waals surface area contributed by atoms with Crippen LogP contribution in [0.5, 0.6) is 5.75 Å². The van der Waals surface area contributed by atoms with E-state index in [1.807, 2.05) is 13.0 Å². The highest BCUT2D eigenvalue weighted by Gasteiger charge is 2.15. The maximum atomic E-state index is 9.74. The predicted octanol–water partition coefficient (Wildman–Crippen LogP) is 3.96. The summed E-state index contributed by atoms with van der Waals surface area (Å²) in [7, 11) is 0. The molecule has 0 bridgehead atoms. The van der Waals surface area contributed by atoms with E-state index < -0.39 is 0 Å². The third kappa shape index (κ3) is 3.19. The van der Waals surface area contributed by atoms with Gasteiger partial charge in [-0.25, -0.2) is 0 Å². The van der Waals surface area contributed by atoms with Gasteiger partial charge in [0.05, 0.1) is 8.95 Å². The summed E-state index contributed by atoms with van der Waals surface area (Å²) in [5, 5.41) is 9.74. The molecule has 1 unspecified atom stereocenters. The van der Waals surface area contributed by atoms with E-state index in [9.17, 15) is 5.11 Å². The molecular formula is C10H12Br3NO. The molecule has 0 radical (unpaired) electrons. The maximum absolute atomic E-state index is 9.74. The third-order valence-electron chi connectivity index (χ3n) is 2.23. The first-order valence-corrected chi connectivity index (χ1v) is 6.96. The number of aromatic hydroxyl groups is 1. The highest BCUT2D eigenvalue weighted by Crippen LogP contribution is 2.39. The minimum atomic E-state index is 0.109. The van der Waals surface area contributed by atoms with E-state index in [0.29, 0.717) is 8.95 Å². The first kappa shape index (κ1) is 13.5. The van der Waals surface area contributed by atoms with Crippen LogP contribution in [0.3, 0.4) is 0 Å². The molecule has 3 N–H and O–H groups in total. The summed E-state index contributed by atoms with van der Waals surface area (Å²) in [6.07, 6.45) is 1.65. The Balaban J connectivity index is 3.12. The van der Waals surface area contributed by atoms with Gasteiger partial charge in [-0.15, -0.1) is 0 Å². The molecule has 1 aromatic carbocycles. The van der Waals surface area contributed by atoms with Crippen LogP contribution in [-0.4, -0.2) is 11.1 Å². The molecule has 1 rings (SSSR count). The standard InChI is InChI=1S/C10H12Br3NO/c1-2-5(14)3-6-7(11)4-8(12)10(15)9(6)13/h4-5,15H,2-3,14H2,1H3. The SMILES string of the molecule is CCC(N)Cc1c(Br)cc(Br)c(O)c1Br. The number of halogens is 3. The number of nitrogens with two attached hydrogens (primary N) is 1. The van der Waals surface area contributed by atoms with E-state index in [1.165, 1.54) is 0 Å². The van der Waals surface area contributed by atoms with Gasteiger partial charge in [-0.1, -0.05) is 22.9 Å². The molecule has 0 amide bonds. The summed E-state index contributed by atoms with van der Waals surface area (Å²) in [5.41, 5.74) is 6.90. The van der Waals surface area contributed by atoms with Crippen LogP contribution in [0.25, 0.3) is 0 Å². The average molecular weight is 402 g/mol. The zero-order chi connectivity index (χ0) is 11.6. The smallest absolute Gasteiger partial charge is 0.144 e. The first-order valence-electron chi connectivity index (χ1n) is 4.58. The Morgan fingerprint density at radius 3 is 2.47 bits per heavy atom. The van der Waals surface area contributed by atoms with Crippen molar-refractivity contribution < 1.29 is 5.11 Å². The van der Waals surface area contributed by atoms with Gasteiger partial charge < -0.3 is 10.8 Å². The van der Waals surface area contributed by atoms with Crippen LogP contribution >= 0.6 is 47.8 Å². The lowest BCUT2D eigenvalue weighted by molar-refractivity contribution is 0.466. The van der Waals surface area contributed by atoms with Gasteiger partial charge in [0.2, 0.25) is 0 Å². The van der Waals surface area contributed by atoms with Crippen LogP contribution in [0.15, 0.2) is 19.5 Å². The second-order valence-electron chi connectivity index (χ2n) is 3.35. The molecule has 0 spiro atoms. The number of rotatable bonds is 3. The summed E-state index contributed by atoms with van der Waals surface area (Å²) in [6.45, 7) is 2.05. The first-order chi connectivity index (χ1) is 6.97. The monoisotopic (exact) mass is 399 g/mol. The van der Waals surface area contributed by atoms with E-state index >= 15 is 0 Å². The molecule has 5 heteroatoms. The number of benzene rings is 1. The van der Waals surface area contributed by atoms with E-state index in [2.05, 4.69) is 47.8 Å². The Bertz CT molecular complexity index is 368. The van der Waals surface area contributed by atoms with E-state index in [-0.39, 0.29) is 11.8 Å². The molecule has 0 saturated heterocycles. The Morgan fingerprint density at radius 1 is 1.33 bits per heavy atom. The molecule has 0 aliphatic heterocycles. The van der Waals surface area contributed by atoms with Gasteiger partial charge in [0.25, 0.3) is 0 Å². The number of hydrogen-bond acceptors (Lipinski definition) is 2. The molecule has 0 aliphatic carbocycles. The Kier molecular flexibility index (Phi) is 5.09. The molecule has 0 fully saturated rings.